The Kier molecular flexibility index (Phi) is 7.29. The maximum atomic E-state index is 6.55. The van der Waals surface area contributed by atoms with Gasteiger partial charge in [-0.05, 0) is 101 Å². The molecule has 0 amide bonds. The van der Waals surface area contributed by atoms with Crippen LogP contribution < -0.4 is 10.1 Å². The predicted octanol–water partition coefficient (Wildman–Crippen LogP) is 7.18. The second-order valence-electron chi connectivity index (χ2n) is 13.8. The van der Waals surface area contributed by atoms with Gasteiger partial charge in [-0.3, -0.25) is 9.88 Å². The summed E-state index contributed by atoms with van der Waals surface area (Å²) in [4.78, 5) is 20.2. The smallest absolute Gasteiger partial charge is 0.319 e. The first-order valence-corrected chi connectivity index (χ1v) is 16.3. The van der Waals surface area contributed by atoms with Gasteiger partial charge in [-0.25, -0.2) is 0 Å². The van der Waals surface area contributed by atoms with Crippen molar-refractivity contribution in [2.24, 2.45) is 0 Å². The Labute approximate surface area is 256 Å². The number of likely N-dealkylation sites (N-methyl/N-ethyl adjacent to an activating group) is 1. The highest BCUT2D eigenvalue weighted by Gasteiger charge is 2.45. The minimum Gasteiger partial charge on any atom is -0.461 e. The first-order chi connectivity index (χ1) is 20.8. The molecule has 7 rings (SSSR count). The molecular weight excluding hydrogens is 532 g/mol. The molecule has 4 heterocycles. The maximum absolute atomic E-state index is 6.55. The van der Waals surface area contributed by atoms with Crippen molar-refractivity contribution in [3.63, 3.8) is 0 Å². The summed E-state index contributed by atoms with van der Waals surface area (Å²) < 4.78 is 6.55. The SMILES string of the molecule is Cc1c(-c2cccc3cccc(C(C)C)c23)ncc2c(NCC3(N(C)C)CCC3)nc(OCC34CCCN3CCC4)nc12. The number of hydrogen-bond acceptors (Lipinski definition) is 7. The van der Waals surface area contributed by atoms with E-state index in [0.29, 0.717) is 18.5 Å². The molecule has 1 saturated carbocycles. The molecule has 2 aromatic heterocycles. The lowest BCUT2D eigenvalue weighted by atomic mass is 9.75. The number of aromatic nitrogens is 3. The largest absolute Gasteiger partial charge is 0.461 e. The molecule has 226 valence electrons. The molecule has 43 heavy (non-hydrogen) atoms. The molecule has 0 radical (unpaired) electrons. The van der Waals surface area contributed by atoms with Crippen molar-refractivity contribution in [1.82, 2.24) is 24.8 Å². The van der Waals surface area contributed by atoms with E-state index in [1.165, 1.54) is 74.4 Å². The number of fused-ring (bicyclic) bond motifs is 3. The van der Waals surface area contributed by atoms with Crippen molar-refractivity contribution in [1.29, 1.82) is 0 Å². The van der Waals surface area contributed by atoms with Gasteiger partial charge in [-0.2, -0.15) is 9.97 Å². The van der Waals surface area contributed by atoms with Crippen LogP contribution in [-0.4, -0.2) is 76.2 Å². The number of pyridine rings is 1. The number of rotatable bonds is 9. The molecule has 2 saturated heterocycles. The van der Waals surface area contributed by atoms with Crippen LogP contribution in [0.4, 0.5) is 5.82 Å². The second-order valence-corrected chi connectivity index (χ2v) is 13.8. The Morgan fingerprint density at radius 2 is 1.72 bits per heavy atom. The number of nitrogens with zero attached hydrogens (tertiary/aromatic N) is 5. The molecule has 3 fully saturated rings. The molecule has 2 aliphatic heterocycles. The summed E-state index contributed by atoms with van der Waals surface area (Å²) in [5.41, 5.74) is 5.74. The fraction of sp³-hybridized carbons (Fsp3) is 0.528. The van der Waals surface area contributed by atoms with Crippen LogP contribution >= 0.6 is 0 Å². The molecular formula is C36H46N6O. The topological polar surface area (TPSA) is 66.4 Å². The molecule has 3 aliphatic rings. The van der Waals surface area contributed by atoms with Crippen LogP contribution in [0.15, 0.2) is 42.6 Å². The molecule has 0 atom stereocenters. The van der Waals surface area contributed by atoms with Gasteiger partial charge in [0.1, 0.15) is 12.4 Å². The molecule has 0 bridgehead atoms. The Morgan fingerprint density at radius 3 is 2.40 bits per heavy atom. The van der Waals surface area contributed by atoms with Gasteiger partial charge in [0.2, 0.25) is 0 Å². The molecule has 2 aromatic carbocycles. The fourth-order valence-electron chi connectivity index (χ4n) is 7.99. The van der Waals surface area contributed by atoms with Gasteiger partial charge in [0.05, 0.1) is 22.1 Å². The van der Waals surface area contributed by atoms with Crippen LogP contribution in [0.25, 0.3) is 32.9 Å². The average molecular weight is 579 g/mol. The first-order valence-electron chi connectivity index (χ1n) is 16.3. The molecule has 4 aromatic rings. The van der Waals surface area contributed by atoms with E-state index in [0.717, 1.165) is 40.1 Å². The van der Waals surface area contributed by atoms with Gasteiger partial charge in [0.25, 0.3) is 0 Å². The van der Waals surface area contributed by atoms with Gasteiger partial charge >= 0.3 is 6.01 Å². The monoisotopic (exact) mass is 578 g/mol. The summed E-state index contributed by atoms with van der Waals surface area (Å²) in [6.07, 6.45) is 10.5. The zero-order valence-electron chi connectivity index (χ0n) is 26.5. The summed E-state index contributed by atoms with van der Waals surface area (Å²) in [6.45, 7) is 10.5. The highest BCUT2D eigenvalue weighted by atomic mass is 16.5. The number of ether oxygens (including phenoxy) is 1. The van der Waals surface area contributed by atoms with E-state index >= 15 is 0 Å². The number of nitrogens with one attached hydrogen (secondary N) is 1. The lowest BCUT2D eigenvalue weighted by molar-refractivity contribution is 0.0738. The third-order valence-corrected chi connectivity index (χ3v) is 10.9. The fourth-order valence-corrected chi connectivity index (χ4v) is 7.99. The summed E-state index contributed by atoms with van der Waals surface area (Å²) in [5, 5.41) is 7.21. The Bertz CT molecular complexity index is 1640. The summed E-state index contributed by atoms with van der Waals surface area (Å²) in [7, 11) is 4.38. The van der Waals surface area contributed by atoms with Gasteiger partial charge in [-0.1, -0.05) is 50.2 Å². The summed E-state index contributed by atoms with van der Waals surface area (Å²) in [6, 6.07) is 13.6. The van der Waals surface area contributed by atoms with Crippen LogP contribution in [-0.2, 0) is 0 Å². The normalized spacial score (nSPS) is 19.3. The molecule has 7 heteroatoms. The van der Waals surface area contributed by atoms with Crippen molar-refractivity contribution < 1.29 is 4.74 Å². The number of benzene rings is 2. The standard InChI is InChI=1S/C36H46N6O/c1-24(2)27-13-6-11-26-12-7-14-28(30(26)27)31-25(3)32-29(21-37-31)33(38-22-35(41(4)5)15-8-16-35)40-34(39-32)43-23-36-17-9-19-42(36)20-10-18-36/h6-7,11-14,21,24H,8-10,15-20,22-23H2,1-5H3,(H,38,39,40). The first kappa shape index (κ1) is 28.5. The van der Waals surface area contributed by atoms with E-state index in [4.69, 9.17) is 19.7 Å². The minimum absolute atomic E-state index is 0.140. The zero-order chi connectivity index (χ0) is 29.8. The van der Waals surface area contributed by atoms with E-state index in [2.05, 4.69) is 86.4 Å². The lowest BCUT2D eigenvalue weighted by Crippen LogP contribution is -2.54. The highest BCUT2D eigenvalue weighted by Crippen LogP contribution is 2.41. The van der Waals surface area contributed by atoms with E-state index in [9.17, 15) is 0 Å². The molecule has 7 nitrogen and oxygen atoms in total. The van der Waals surface area contributed by atoms with Crippen molar-refractivity contribution in [2.75, 3.05) is 45.7 Å². The predicted molar refractivity (Wildman–Crippen MR) is 176 cm³/mol. The van der Waals surface area contributed by atoms with E-state index in [-0.39, 0.29) is 11.1 Å². The Morgan fingerprint density at radius 1 is 0.977 bits per heavy atom. The van der Waals surface area contributed by atoms with E-state index in [1.54, 1.807) is 0 Å². The van der Waals surface area contributed by atoms with Gasteiger partial charge in [-0.15, -0.1) is 0 Å². The van der Waals surface area contributed by atoms with Crippen molar-refractivity contribution >= 4 is 27.5 Å². The lowest BCUT2D eigenvalue weighted by Gasteiger charge is -2.47. The summed E-state index contributed by atoms with van der Waals surface area (Å²) >= 11 is 0. The van der Waals surface area contributed by atoms with Crippen LogP contribution in [0, 0.1) is 6.92 Å². The zero-order valence-corrected chi connectivity index (χ0v) is 26.5. The van der Waals surface area contributed by atoms with Gasteiger partial charge in [0, 0.05) is 29.4 Å². The van der Waals surface area contributed by atoms with Crippen molar-refractivity contribution in [2.45, 2.75) is 82.7 Å². The van der Waals surface area contributed by atoms with Crippen LogP contribution in [0.1, 0.15) is 75.8 Å². The third kappa shape index (κ3) is 4.85. The van der Waals surface area contributed by atoms with Crippen molar-refractivity contribution in [3.8, 4) is 17.3 Å². The number of hydrogen-bond donors (Lipinski definition) is 1. The van der Waals surface area contributed by atoms with Crippen molar-refractivity contribution in [3.05, 3.63) is 53.7 Å². The number of anilines is 1. The maximum Gasteiger partial charge on any atom is 0.319 e. The summed E-state index contributed by atoms with van der Waals surface area (Å²) in [5.74, 6) is 1.23. The third-order valence-electron chi connectivity index (χ3n) is 10.9. The minimum atomic E-state index is 0.140. The molecule has 1 N–H and O–H groups in total. The molecule has 0 unspecified atom stereocenters. The Balaban J connectivity index is 1.32. The average Bonchev–Trinajstić information content (AvgIpc) is 3.56. The Hall–Kier alpha value is -3.29. The van der Waals surface area contributed by atoms with E-state index < -0.39 is 0 Å². The highest BCUT2D eigenvalue weighted by molar-refractivity contribution is 6.02. The molecule has 0 spiro atoms. The number of aryl methyl sites for hydroxylation is 1. The van der Waals surface area contributed by atoms with Gasteiger partial charge < -0.3 is 15.0 Å². The van der Waals surface area contributed by atoms with Crippen LogP contribution in [0.2, 0.25) is 0 Å². The quantitative estimate of drug-likeness (QED) is 0.226. The van der Waals surface area contributed by atoms with Gasteiger partial charge in [0.15, 0.2) is 0 Å². The second kappa shape index (κ2) is 11.0. The molecule has 1 aliphatic carbocycles. The van der Waals surface area contributed by atoms with Crippen LogP contribution in [0.3, 0.4) is 0 Å². The van der Waals surface area contributed by atoms with Crippen LogP contribution in [0.5, 0.6) is 6.01 Å². The van der Waals surface area contributed by atoms with E-state index in [1.807, 2.05) is 6.20 Å².